The summed E-state index contributed by atoms with van der Waals surface area (Å²) in [7, 11) is 0. The molecular weight excluding hydrogens is 340 g/mol. The zero-order chi connectivity index (χ0) is 18.6. The molecule has 27 heavy (non-hydrogen) atoms. The van der Waals surface area contributed by atoms with E-state index in [-0.39, 0.29) is 30.2 Å². The lowest BCUT2D eigenvalue weighted by Gasteiger charge is -2.40. The summed E-state index contributed by atoms with van der Waals surface area (Å²) in [6.07, 6.45) is 15.9. The Morgan fingerprint density at radius 3 is 1.63 bits per heavy atom. The van der Waals surface area contributed by atoms with Gasteiger partial charge in [0.1, 0.15) is 0 Å². The van der Waals surface area contributed by atoms with Crippen LogP contribution in [0.2, 0.25) is 0 Å². The fourth-order valence-electron chi connectivity index (χ4n) is 5.78. The number of fused-ring (bicyclic) bond motifs is 2. The van der Waals surface area contributed by atoms with Gasteiger partial charge in [-0.15, -0.1) is 0 Å². The van der Waals surface area contributed by atoms with E-state index in [0.29, 0.717) is 12.1 Å². The fourth-order valence-corrected chi connectivity index (χ4v) is 5.78. The number of amides is 4. The van der Waals surface area contributed by atoms with E-state index in [0.717, 1.165) is 51.4 Å². The summed E-state index contributed by atoms with van der Waals surface area (Å²) < 4.78 is 0. The second-order valence-electron chi connectivity index (χ2n) is 9.20. The molecule has 3 N–H and O–H groups in total. The molecule has 1 unspecified atom stereocenters. The first-order valence-corrected chi connectivity index (χ1v) is 11.3. The van der Waals surface area contributed by atoms with Gasteiger partial charge in [0, 0.05) is 30.2 Å². The van der Waals surface area contributed by atoms with E-state index >= 15 is 0 Å². The number of rotatable bonds is 3. The minimum atomic E-state index is -0.00796. The molecule has 0 spiro atoms. The van der Waals surface area contributed by atoms with Crippen LogP contribution in [-0.2, 0) is 0 Å². The Morgan fingerprint density at radius 2 is 1.07 bits per heavy atom. The molecule has 0 aromatic rings. The normalized spacial score (nSPS) is 32.1. The zero-order valence-corrected chi connectivity index (χ0v) is 16.5. The summed E-state index contributed by atoms with van der Waals surface area (Å²) in [5.74, 6) is 0. The number of carbonyl (C=O) groups excluding carboxylic acids is 2. The maximum atomic E-state index is 12.8. The predicted molar refractivity (Wildman–Crippen MR) is 106 cm³/mol. The predicted octanol–water partition coefficient (Wildman–Crippen LogP) is 3.66. The molecule has 0 aromatic heterocycles. The van der Waals surface area contributed by atoms with Gasteiger partial charge in [0.05, 0.1) is 0 Å². The molecule has 2 aliphatic heterocycles. The number of hydrogen-bond acceptors (Lipinski definition) is 2. The van der Waals surface area contributed by atoms with Crippen molar-refractivity contribution in [1.82, 2.24) is 20.9 Å². The van der Waals surface area contributed by atoms with Crippen molar-refractivity contribution in [1.29, 1.82) is 0 Å². The third-order valence-corrected chi connectivity index (χ3v) is 7.18. The third-order valence-electron chi connectivity index (χ3n) is 7.18. The van der Waals surface area contributed by atoms with Crippen LogP contribution in [0.1, 0.15) is 89.9 Å². The molecule has 2 heterocycles. The summed E-state index contributed by atoms with van der Waals surface area (Å²) in [5, 5.41) is 9.65. The molecule has 2 saturated heterocycles. The van der Waals surface area contributed by atoms with Crippen molar-refractivity contribution >= 4 is 12.1 Å². The van der Waals surface area contributed by atoms with Crippen molar-refractivity contribution in [3.8, 4) is 0 Å². The Bertz CT molecular complexity index is 514. The summed E-state index contributed by atoms with van der Waals surface area (Å²) in [5.41, 5.74) is 0. The smallest absolute Gasteiger partial charge is 0.318 e. The highest BCUT2D eigenvalue weighted by molar-refractivity contribution is 5.76. The Labute approximate surface area is 163 Å². The average Bonchev–Trinajstić information content (AvgIpc) is 2.94. The van der Waals surface area contributed by atoms with Crippen LogP contribution < -0.4 is 16.0 Å². The van der Waals surface area contributed by atoms with Crippen molar-refractivity contribution < 1.29 is 9.59 Å². The highest BCUT2D eigenvalue weighted by Crippen LogP contribution is 2.36. The highest BCUT2D eigenvalue weighted by atomic mass is 16.2. The van der Waals surface area contributed by atoms with Gasteiger partial charge >= 0.3 is 12.1 Å². The number of nitrogens with zero attached hydrogens (tertiary/aromatic N) is 1. The van der Waals surface area contributed by atoms with Gasteiger partial charge in [0.2, 0.25) is 0 Å². The van der Waals surface area contributed by atoms with Crippen molar-refractivity contribution in [3.05, 3.63) is 0 Å². The van der Waals surface area contributed by atoms with E-state index in [2.05, 4.69) is 20.9 Å². The highest BCUT2D eigenvalue weighted by Gasteiger charge is 2.44. The summed E-state index contributed by atoms with van der Waals surface area (Å²) in [6, 6.07) is 1.61. The number of urea groups is 2. The lowest BCUT2D eigenvalue weighted by Crippen LogP contribution is -2.57. The van der Waals surface area contributed by atoms with Crippen LogP contribution in [0, 0.1) is 0 Å². The van der Waals surface area contributed by atoms with E-state index in [1.54, 1.807) is 0 Å². The molecule has 2 saturated carbocycles. The van der Waals surface area contributed by atoms with Crippen molar-refractivity contribution in [2.45, 2.75) is 120 Å². The molecule has 2 bridgehead atoms. The number of nitrogens with one attached hydrogen (secondary N) is 3. The van der Waals surface area contributed by atoms with Crippen molar-refractivity contribution in [3.63, 3.8) is 0 Å². The second-order valence-corrected chi connectivity index (χ2v) is 9.20. The molecule has 6 heteroatoms. The van der Waals surface area contributed by atoms with E-state index < -0.39 is 0 Å². The minimum Gasteiger partial charge on any atom is -0.335 e. The van der Waals surface area contributed by atoms with Gasteiger partial charge in [0.15, 0.2) is 0 Å². The van der Waals surface area contributed by atoms with Crippen LogP contribution in [0.25, 0.3) is 0 Å². The molecule has 0 radical (unpaired) electrons. The summed E-state index contributed by atoms with van der Waals surface area (Å²) >= 11 is 0. The molecule has 4 amide bonds. The van der Waals surface area contributed by atoms with Crippen molar-refractivity contribution in [2.75, 3.05) is 0 Å². The van der Waals surface area contributed by atoms with Crippen LogP contribution in [-0.4, -0.2) is 47.2 Å². The molecule has 2 aliphatic carbocycles. The van der Waals surface area contributed by atoms with Crippen LogP contribution in [0.4, 0.5) is 9.59 Å². The number of piperidine rings is 1. The molecule has 4 rings (SSSR count). The van der Waals surface area contributed by atoms with E-state index in [1.165, 1.54) is 38.5 Å². The van der Waals surface area contributed by atoms with E-state index in [1.807, 2.05) is 0 Å². The maximum Gasteiger partial charge on any atom is 0.318 e. The lowest BCUT2D eigenvalue weighted by atomic mass is 9.95. The first-order chi connectivity index (χ1) is 13.2. The maximum absolute atomic E-state index is 12.8. The topological polar surface area (TPSA) is 73.5 Å². The first kappa shape index (κ1) is 18.9. The van der Waals surface area contributed by atoms with Crippen molar-refractivity contribution in [2.24, 2.45) is 0 Å². The van der Waals surface area contributed by atoms with Crippen LogP contribution >= 0.6 is 0 Å². The molecule has 6 nitrogen and oxygen atoms in total. The Morgan fingerprint density at radius 1 is 0.593 bits per heavy atom. The Balaban J connectivity index is 1.25. The fraction of sp³-hybridized carbons (Fsp3) is 0.905. The van der Waals surface area contributed by atoms with E-state index in [9.17, 15) is 9.59 Å². The second kappa shape index (κ2) is 8.70. The largest absolute Gasteiger partial charge is 0.335 e. The lowest BCUT2D eigenvalue weighted by molar-refractivity contribution is 0.128. The molecular formula is C21H36N4O2. The molecule has 4 aliphatic rings. The summed E-state index contributed by atoms with van der Waals surface area (Å²) in [4.78, 5) is 27.3. The third kappa shape index (κ3) is 4.69. The summed E-state index contributed by atoms with van der Waals surface area (Å²) in [6.45, 7) is 0. The Kier molecular flexibility index (Phi) is 6.08. The van der Waals surface area contributed by atoms with Gasteiger partial charge in [-0.3, -0.25) is 0 Å². The first-order valence-electron chi connectivity index (χ1n) is 11.3. The van der Waals surface area contributed by atoms with Gasteiger partial charge in [0.25, 0.3) is 0 Å². The van der Waals surface area contributed by atoms with Gasteiger partial charge in [-0.1, -0.05) is 38.5 Å². The van der Waals surface area contributed by atoms with Gasteiger partial charge in [-0.25, -0.2) is 9.59 Å². The van der Waals surface area contributed by atoms with Crippen LogP contribution in [0.3, 0.4) is 0 Å². The Hall–Kier alpha value is -1.46. The minimum absolute atomic E-state index is 0.00796. The quantitative estimate of drug-likeness (QED) is 0.703. The van der Waals surface area contributed by atoms with Gasteiger partial charge in [-0.05, 0) is 51.4 Å². The number of carbonyl (C=O) groups is 2. The average molecular weight is 377 g/mol. The monoisotopic (exact) mass is 376 g/mol. The zero-order valence-electron chi connectivity index (χ0n) is 16.5. The SMILES string of the molecule is O=C(NC1CCCCC1)NC1C[C@H]2CC[C@@H](C1)N2C(=O)NC1CCCCC1. The molecule has 0 aromatic carbocycles. The van der Waals surface area contributed by atoms with E-state index in [4.69, 9.17) is 0 Å². The van der Waals surface area contributed by atoms with Gasteiger partial charge < -0.3 is 20.9 Å². The standard InChI is InChI=1S/C21H36N4O2/c26-20(22-15-7-3-1-4-8-15)23-17-13-18-11-12-19(14-17)25(18)21(27)24-16-9-5-2-6-10-16/h15-19H,1-14H2,(H,24,27)(H2,22,23,26)/t17?,18-,19+. The van der Waals surface area contributed by atoms with Crippen LogP contribution in [0.5, 0.6) is 0 Å². The van der Waals surface area contributed by atoms with Crippen LogP contribution in [0.15, 0.2) is 0 Å². The molecule has 152 valence electrons. The molecule has 4 fully saturated rings. The molecule has 3 atom stereocenters. The van der Waals surface area contributed by atoms with Gasteiger partial charge in [-0.2, -0.15) is 0 Å². The number of hydrogen-bond donors (Lipinski definition) is 3.